The van der Waals surface area contributed by atoms with E-state index in [1.54, 1.807) is 0 Å². The number of aliphatic hydroxyl groups is 2. The Morgan fingerprint density at radius 1 is 1.33 bits per heavy atom. The summed E-state index contributed by atoms with van der Waals surface area (Å²) in [7, 11) is 0. The molecule has 1 rings (SSSR count). The third-order valence-electron chi connectivity index (χ3n) is 1.86. The third kappa shape index (κ3) is 2.84. The number of alkyl halides is 3. The Morgan fingerprint density at radius 2 is 1.93 bits per heavy atom. The molecule has 1 atom stereocenters. The van der Waals surface area contributed by atoms with Crippen LogP contribution in [0.15, 0.2) is 18.2 Å². The van der Waals surface area contributed by atoms with Crippen molar-refractivity contribution < 1.29 is 23.4 Å². The van der Waals surface area contributed by atoms with Crippen molar-refractivity contribution in [1.29, 1.82) is 0 Å². The molecule has 0 amide bonds. The highest BCUT2D eigenvalue weighted by molar-refractivity contribution is 6.31. The molecule has 0 radical (unpaired) electrons. The van der Waals surface area contributed by atoms with Crippen molar-refractivity contribution in [3.05, 3.63) is 34.3 Å². The highest BCUT2D eigenvalue weighted by Gasteiger charge is 2.31. The molecule has 0 spiro atoms. The van der Waals surface area contributed by atoms with E-state index in [-0.39, 0.29) is 10.6 Å². The van der Waals surface area contributed by atoms with Crippen LogP contribution in [-0.2, 0) is 6.18 Å². The van der Waals surface area contributed by atoms with Gasteiger partial charge in [0.1, 0.15) is 6.10 Å². The first-order chi connectivity index (χ1) is 6.86. The van der Waals surface area contributed by atoms with Crippen LogP contribution in [-0.4, -0.2) is 16.8 Å². The van der Waals surface area contributed by atoms with Gasteiger partial charge in [0.2, 0.25) is 0 Å². The van der Waals surface area contributed by atoms with Crippen molar-refractivity contribution >= 4 is 11.6 Å². The van der Waals surface area contributed by atoms with Crippen molar-refractivity contribution in [1.82, 2.24) is 0 Å². The Labute approximate surface area is 88.9 Å². The highest BCUT2D eigenvalue weighted by Crippen LogP contribution is 2.33. The lowest BCUT2D eigenvalue weighted by Crippen LogP contribution is -2.09. The van der Waals surface area contributed by atoms with Crippen LogP contribution in [0.1, 0.15) is 17.2 Å². The summed E-state index contributed by atoms with van der Waals surface area (Å²) in [4.78, 5) is 0. The molecule has 0 saturated carbocycles. The Hall–Kier alpha value is -0.780. The maximum atomic E-state index is 12.3. The Kier molecular flexibility index (Phi) is 3.59. The summed E-state index contributed by atoms with van der Waals surface area (Å²) in [6, 6.07) is 2.58. The van der Waals surface area contributed by atoms with E-state index in [1.807, 2.05) is 0 Å². The smallest absolute Gasteiger partial charge is 0.393 e. The fourth-order valence-electron chi connectivity index (χ4n) is 1.07. The second-order valence-electron chi connectivity index (χ2n) is 2.93. The van der Waals surface area contributed by atoms with Crippen LogP contribution in [0.4, 0.5) is 13.2 Å². The summed E-state index contributed by atoms with van der Waals surface area (Å²) in [6.07, 6.45) is -5.89. The maximum absolute atomic E-state index is 12.3. The minimum atomic E-state index is -4.49. The van der Waals surface area contributed by atoms with Crippen molar-refractivity contribution in [3.63, 3.8) is 0 Å². The molecule has 0 saturated heterocycles. The second-order valence-corrected chi connectivity index (χ2v) is 3.34. The molecular formula is C9H8ClF3O2. The molecule has 84 valence electrons. The van der Waals surface area contributed by atoms with Crippen LogP contribution in [0.3, 0.4) is 0 Å². The van der Waals surface area contributed by atoms with Gasteiger partial charge in [-0.3, -0.25) is 0 Å². The number of benzene rings is 1. The first-order valence-corrected chi connectivity index (χ1v) is 4.39. The molecule has 1 aromatic carbocycles. The molecular weight excluding hydrogens is 233 g/mol. The monoisotopic (exact) mass is 240 g/mol. The van der Waals surface area contributed by atoms with Gasteiger partial charge in [0, 0.05) is 10.6 Å². The molecule has 15 heavy (non-hydrogen) atoms. The molecule has 1 aromatic rings. The topological polar surface area (TPSA) is 40.5 Å². The summed E-state index contributed by atoms with van der Waals surface area (Å²) in [5.41, 5.74) is -1.04. The number of hydrogen-bond acceptors (Lipinski definition) is 2. The Morgan fingerprint density at radius 3 is 2.40 bits per heavy atom. The zero-order valence-corrected chi connectivity index (χ0v) is 8.18. The van der Waals surface area contributed by atoms with Gasteiger partial charge in [0.25, 0.3) is 0 Å². The predicted molar refractivity (Wildman–Crippen MR) is 48.5 cm³/mol. The average molecular weight is 241 g/mol. The average Bonchev–Trinajstić information content (AvgIpc) is 2.15. The molecule has 0 aliphatic carbocycles. The van der Waals surface area contributed by atoms with E-state index in [0.717, 1.165) is 18.2 Å². The lowest BCUT2D eigenvalue weighted by Gasteiger charge is -2.13. The fourth-order valence-corrected chi connectivity index (χ4v) is 1.32. The van der Waals surface area contributed by atoms with Gasteiger partial charge in [-0.2, -0.15) is 13.2 Å². The predicted octanol–water partition coefficient (Wildman–Crippen LogP) is 2.38. The van der Waals surface area contributed by atoms with E-state index in [0.29, 0.717) is 0 Å². The summed E-state index contributed by atoms with van der Waals surface area (Å²) in [6.45, 7) is -0.680. The van der Waals surface area contributed by atoms with Crippen LogP contribution < -0.4 is 0 Å². The third-order valence-corrected chi connectivity index (χ3v) is 2.20. The van der Waals surface area contributed by atoms with Crippen LogP contribution in [0.5, 0.6) is 0 Å². The van der Waals surface area contributed by atoms with E-state index >= 15 is 0 Å². The maximum Gasteiger partial charge on any atom is 0.416 e. The normalized spacial score (nSPS) is 14.0. The molecule has 0 aliphatic rings. The number of rotatable bonds is 2. The van der Waals surface area contributed by atoms with Gasteiger partial charge in [-0.25, -0.2) is 0 Å². The van der Waals surface area contributed by atoms with Gasteiger partial charge >= 0.3 is 6.18 Å². The fraction of sp³-hybridized carbons (Fsp3) is 0.333. The van der Waals surface area contributed by atoms with E-state index in [2.05, 4.69) is 0 Å². The molecule has 0 heterocycles. The summed E-state index contributed by atoms with van der Waals surface area (Å²) in [5, 5.41) is 17.8. The standard InChI is InChI=1S/C9H8ClF3O2/c10-7-2-1-5(9(11,12)13)3-6(7)8(15)4-14/h1-3,8,14-15H,4H2. The van der Waals surface area contributed by atoms with E-state index < -0.39 is 24.5 Å². The molecule has 1 unspecified atom stereocenters. The van der Waals surface area contributed by atoms with Gasteiger partial charge in [0.15, 0.2) is 0 Å². The van der Waals surface area contributed by atoms with Crippen molar-refractivity contribution in [2.24, 2.45) is 0 Å². The lowest BCUT2D eigenvalue weighted by molar-refractivity contribution is -0.137. The van der Waals surface area contributed by atoms with E-state index in [9.17, 15) is 18.3 Å². The zero-order chi connectivity index (χ0) is 11.6. The summed E-state index contributed by atoms with van der Waals surface area (Å²) >= 11 is 5.58. The second kappa shape index (κ2) is 4.38. The minimum absolute atomic E-state index is 0.00968. The quantitative estimate of drug-likeness (QED) is 0.833. The summed E-state index contributed by atoms with van der Waals surface area (Å²) < 4.78 is 36.8. The van der Waals surface area contributed by atoms with E-state index in [1.165, 1.54) is 0 Å². The first kappa shape index (κ1) is 12.3. The van der Waals surface area contributed by atoms with Gasteiger partial charge in [-0.15, -0.1) is 0 Å². The number of halogens is 4. The first-order valence-electron chi connectivity index (χ1n) is 4.02. The van der Waals surface area contributed by atoms with E-state index in [4.69, 9.17) is 16.7 Å². The van der Waals surface area contributed by atoms with Crippen molar-refractivity contribution in [3.8, 4) is 0 Å². The largest absolute Gasteiger partial charge is 0.416 e. The molecule has 2 nitrogen and oxygen atoms in total. The van der Waals surface area contributed by atoms with Crippen LogP contribution in [0.25, 0.3) is 0 Å². The lowest BCUT2D eigenvalue weighted by atomic mass is 10.1. The zero-order valence-electron chi connectivity index (χ0n) is 7.42. The van der Waals surface area contributed by atoms with Crippen LogP contribution >= 0.6 is 11.6 Å². The Bertz CT molecular complexity index is 352. The number of hydrogen-bond donors (Lipinski definition) is 2. The molecule has 6 heteroatoms. The van der Waals surface area contributed by atoms with Crippen LogP contribution in [0.2, 0.25) is 5.02 Å². The Balaban J connectivity index is 3.17. The number of aliphatic hydroxyl groups excluding tert-OH is 2. The molecule has 0 aromatic heterocycles. The molecule has 0 fully saturated rings. The minimum Gasteiger partial charge on any atom is -0.393 e. The van der Waals surface area contributed by atoms with Gasteiger partial charge < -0.3 is 10.2 Å². The van der Waals surface area contributed by atoms with Crippen LogP contribution in [0, 0.1) is 0 Å². The van der Waals surface area contributed by atoms with Gasteiger partial charge in [-0.1, -0.05) is 11.6 Å². The van der Waals surface area contributed by atoms with Gasteiger partial charge in [0.05, 0.1) is 12.2 Å². The van der Waals surface area contributed by atoms with Gasteiger partial charge in [-0.05, 0) is 18.2 Å². The highest BCUT2D eigenvalue weighted by atomic mass is 35.5. The molecule has 2 N–H and O–H groups in total. The SMILES string of the molecule is OCC(O)c1cc(C(F)(F)F)ccc1Cl. The summed E-state index contributed by atoms with van der Waals surface area (Å²) in [5.74, 6) is 0. The molecule has 0 bridgehead atoms. The van der Waals surface area contributed by atoms with Crippen molar-refractivity contribution in [2.75, 3.05) is 6.61 Å². The molecule has 0 aliphatic heterocycles. The van der Waals surface area contributed by atoms with Crippen molar-refractivity contribution in [2.45, 2.75) is 12.3 Å².